The van der Waals surface area contributed by atoms with E-state index in [1.54, 1.807) is 0 Å². The molecular formula is C12H21NO4. The van der Waals surface area contributed by atoms with Crippen molar-refractivity contribution in [3.8, 4) is 0 Å². The number of amides is 1. The van der Waals surface area contributed by atoms with E-state index >= 15 is 0 Å². The fraction of sp³-hybridized carbons (Fsp3) is 0.833. The van der Waals surface area contributed by atoms with Crippen molar-refractivity contribution in [3.05, 3.63) is 0 Å². The number of nitrogens with one attached hydrogen (secondary N) is 1. The molecule has 17 heavy (non-hydrogen) atoms. The summed E-state index contributed by atoms with van der Waals surface area (Å²) in [5.74, 6) is 0.166. The lowest BCUT2D eigenvalue weighted by Crippen LogP contribution is -2.37. The van der Waals surface area contributed by atoms with Crippen LogP contribution in [0.2, 0.25) is 0 Å². The summed E-state index contributed by atoms with van der Waals surface area (Å²) in [6, 6.07) is 0. The molecule has 0 aromatic rings. The summed E-state index contributed by atoms with van der Waals surface area (Å²) in [6.07, 6.45) is 2.32. The quantitative estimate of drug-likeness (QED) is 0.587. The minimum atomic E-state index is -0.476. The monoisotopic (exact) mass is 243 g/mol. The highest BCUT2D eigenvalue weighted by atomic mass is 16.6. The average Bonchev–Trinajstić information content (AvgIpc) is 2.11. The summed E-state index contributed by atoms with van der Waals surface area (Å²) in [6.45, 7) is 6.33. The molecular weight excluding hydrogens is 222 g/mol. The molecule has 1 fully saturated rings. The van der Waals surface area contributed by atoms with Gasteiger partial charge in [-0.15, -0.1) is 0 Å². The molecule has 1 N–H and O–H groups in total. The minimum Gasteiger partial charge on any atom is -0.444 e. The highest BCUT2D eigenvalue weighted by Gasteiger charge is 2.29. The Hall–Kier alpha value is -1.10. The Labute approximate surface area is 102 Å². The molecule has 0 heterocycles. The summed E-state index contributed by atoms with van der Waals surface area (Å²) in [5, 5.41) is 2.61. The van der Waals surface area contributed by atoms with Gasteiger partial charge in [0.05, 0.1) is 12.7 Å². The molecule has 5 heteroatoms. The van der Waals surface area contributed by atoms with Gasteiger partial charge in [-0.1, -0.05) is 0 Å². The maximum absolute atomic E-state index is 11.3. The molecule has 0 radical (unpaired) electrons. The number of aldehydes is 1. The van der Waals surface area contributed by atoms with Crippen molar-refractivity contribution in [1.29, 1.82) is 0 Å². The van der Waals surface area contributed by atoms with Crippen molar-refractivity contribution in [2.45, 2.75) is 45.3 Å². The lowest BCUT2D eigenvalue weighted by atomic mass is 9.83. The Balaban J connectivity index is 1.98. The first kappa shape index (κ1) is 14.0. The normalized spacial score (nSPS) is 23.7. The van der Waals surface area contributed by atoms with Gasteiger partial charge in [-0.05, 0) is 33.6 Å². The number of ether oxygens (including phenoxy) is 2. The number of alkyl carbamates (subject to hydrolysis) is 1. The Kier molecular flexibility index (Phi) is 4.93. The topological polar surface area (TPSA) is 64.6 Å². The van der Waals surface area contributed by atoms with Gasteiger partial charge >= 0.3 is 6.09 Å². The van der Waals surface area contributed by atoms with Gasteiger partial charge in [0.2, 0.25) is 0 Å². The molecule has 0 spiro atoms. The van der Waals surface area contributed by atoms with Crippen LogP contribution in [0.1, 0.15) is 33.6 Å². The Morgan fingerprint density at radius 1 is 1.41 bits per heavy atom. The maximum Gasteiger partial charge on any atom is 0.407 e. The van der Waals surface area contributed by atoms with Crippen LogP contribution in [-0.4, -0.2) is 37.2 Å². The van der Waals surface area contributed by atoms with E-state index in [0.29, 0.717) is 13.2 Å². The van der Waals surface area contributed by atoms with Crippen molar-refractivity contribution < 1.29 is 19.1 Å². The Morgan fingerprint density at radius 3 is 2.59 bits per heavy atom. The third-order valence-electron chi connectivity index (χ3n) is 2.45. The van der Waals surface area contributed by atoms with Gasteiger partial charge < -0.3 is 19.6 Å². The zero-order valence-electron chi connectivity index (χ0n) is 10.7. The van der Waals surface area contributed by atoms with Crippen LogP contribution in [0.15, 0.2) is 0 Å². The second kappa shape index (κ2) is 6.00. The number of hydrogen-bond acceptors (Lipinski definition) is 4. The molecule has 0 bridgehead atoms. The summed E-state index contributed by atoms with van der Waals surface area (Å²) >= 11 is 0. The van der Waals surface area contributed by atoms with Crippen molar-refractivity contribution >= 4 is 12.4 Å². The van der Waals surface area contributed by atoms with Crippen LogP contribution in [-0.2, 0) is 14.3 Å². The number of hydrogen-bond donors (Lipinski definition) is 1. The van der Waals surface area contributed by atoms with E-state index < -0.39 is 11.7 Å². The predicted molar refractivity (Wildman–Crippen MR) is 62.8 cm³/mol. The highest BCUT2D eigenvalue weighted by molar-refractivity contribution is 5.67. The first-order chi connectivity index (χ1) is 7.90. The van der Waals surface area contributed by atoms with Gasteiger partial charge in [0.1, 0.15) is 11.9 Å². The Bertz CT molecular complexity index is 266. The summed E-state index contributed by atoms with van der Waals surface area (Å²) in [7, 11) is 0. The van der Waals surface area contributed by atoms with Crippen LogP contribution in [0.4, 0.5) is 4.79 Å². The first-order valence-electron chi connectivity index (χ1n) is 5.94. The summed E-state index contributed by atoms with van der Waals surface area (Å²) in [5.41, 5.74) is -0.476. The van der Waals surface area contributed by atoms with Crippen molar-refractivity contribution in [1.82, 2.24) is 5.32 Å². The van der Waals surface area contributed by atoms with E-state index in [1.165, 1.54) is 0 Å². The van der Waals surface area contributed by atoms with Gasteiger partial charge in [-0.3, -0.25) is 0 Å². The maximum atomic E-state index is 11.3. The van der Waals surface area contributed by atoms with Gasteiger partial charge in [-0.2, -0.15) is 0 Å². The van der Waals surface area contributed by atoms with Crippen LogP contribution < -0.4 is 5.32 Å². The van der Waals surface area contributed by atoms with Crippen LogP contribution in [0.5, 0.6) is 0 Å². The molecule has 0 unspecified atom stereocenters. The largest absolute Gasteiger partial charge is 0.444 e. The number of rotatable bonds is 5. The predicted octanol–water partition coefficient (Wildman–Crippen LogP) is 1.51. The third kappa shape index (κ3) is 5.68. The molecule has 0 aromatic heterocycles. The SMILES string of the molecule is CC(C)(C)OC(=O)NCCOC1CC(C=O)C1. The lowest BCUT2D eigenvalue weighted by Gasteiger charge is -2.31. The molecule has 0 aromatic carbocycles. The number of carbonyl (C=O) groups is 2. The van der Waals surface area contributed by atoms with E-state index in [9.17, 15) is 9.59 Å². The van der Waals surface area contributed by atoms with Gasteiger partial charge in [0, 0.05) is 12.5 Å². The highest BCUT2D eigenvalue weighted by Crippen LogP contribution is 2.27. The second-order valence-electron chi connectivity index (χ2n) is 5.29. The van der Waals surface area contributed by atoms with E-state index in [1.807, 2.05) is 20.8 Å². The smallest absolute Gasteiger partial charge is 0.407 e. The molecule has 0 aliphatic heterocycles. The van der Waals surface area contributed by atoms with Crippen molar-refractivity contribution in [2.24, 2.45) is 5.92 Å². The molecule has 1 aliphatic rings. The van der Waals surface area contributed by atoms with E-state index in [2.05, 4.69) is 5.32 Å². The van der Waals surface area contributed by atoms with Crippen LogP contribution in [0, 0.1) is 5.92 Å². The number of carbonyl (C=O) groups excluding carboxylic acids is 2. The zero-order chi connectivity index (χ0) is 12.9. The third-order valence-corrected chi connectivity index (χ3v) is 2.45. The molecule has 98 valence electrons. The standard InChI is InChI=1S/C12H21NO4/c1-12(2,3)17-11(15)13-4-5-16-10-6-9(7-10)8-14/h8-10H,4-7H2,1-3H3,(H,13,15). The molecule has 1 saturated carbocycles. The Morgan fingerprint density at radius 2 is 2.06 bits per heavy atom. The van der Waals surface area contributed by atoms with Crippen LogP contribution >= 0.6 is 0 Å². The van der Waals surface area contributed by atoms with Crippen molar-refractivity contribution in [2.75, 3.05) is 13.2 Å². The second-order valence-corrected chi connectivity index (χ2v) is 5.29. The molecule has 1 amide bonds. The summed E-state index contributed by atoms with van der Waals surface area (Å²) in [4.78, 5) is 21.6. The first-order valence-corrected chi connectivity index (χ1v) is 5.94. The fourth-order valence-corrected chi connectivity index (χ4v) is 1.55. The van der Waals surface area contributed by atoms with E-state index in [-0.39, 0.29) is 12.0 Å². The van der Waals surface area contributed by atoms with Gasteiger partial charge in [0.25, 0.3) is 0 Å². The molecule has 1 rings (SSSR count). The van der Waals surface area contributed by atoms with E-state index in [4.69, 9.17) is 9.47 Å². The molecule has 0 atom stereocenters. The fourth-order valence-electron chi connectivity index (χ4n) is 1.55. The molecule has 5 nitrogen and oxygen atoms in total. The van der Waals surface area contributed by atoms with Gasteiger partial charge in [0.15, 0.2) is 0 Å². The zero-order valence-corrected chi connectivity index (χ0v) is 10.7. The van der Waals surface area contributed by atoms with Gasteiger partial charge in [-0.25, -0.2) is 4.79 Å². The van der Waals surface area contributed by atoms with Crippen LogP contribution in [0.25, 0.3) is 0 Å². The average molecular weight is 243 g/mol. The lowest BCUT2D eigenvalue weighted by molar-refractivity contribution is -0.119. The molecule has 1 aliphatic carbocycles. The van der Waals surface area contributed by atoms with Crippen molar-refractivity contribution in [3.63, 3.8) is 0 Å². The van der Waals surface area contributed by atoms with Crippen LogP contribution in [0.3, 0.4) is 0 Å². The van der Waals surface area contributed by atoms with E-state index in [0.717, 1.165) is 19.1 Å². The minimum absolute atomic E-state index is 0.166. The molecule has 0 saturated heterocycles. The summed E-state index contributed by atoms with van der Waals surface area (Å²) < 4.78 is 10.5.